The number of aromatic nitrogens is 2. The molecule has 0 atom stereocenters. The van der Waals surface area contributed by atoms with Crippen LogP contribution in [0.15, 0.2) is 64.2 Å². The molecule has 24 heavy (non-hydrogen) atoms. The Morgan fingerprint density at radius 2 is 1.71 bits per heavy atom. The molecule has 1 N–H and O–H groups in total. The molecule has 0 fully saturated rings. The first-order chi connectivity index (χ1) is 11.5. The van der Waals surface area contributed by atoms with Gasteiger partial charge in [-0.15, -0.1) is 0 Å². The van der Waals surface area contributed by atoms with Crippen molar-refractivity contribution in [1.29, 1.82) is 0 Å². The molecule has 1 aromatic heterocycles. The van der Waals surface area contributed by atoms with Gasteiger partial charge in [0.1, 0.15) is 0 Å². The lowest BCUT2D eigenvalue weighted by atomic mass is 10.2. The molecule has 0 spiro atoms. The van der Waals surface area contributed by atoms with Gasteiger partial charge in [0.15, 0.2) is 0 Å². The van der Waals surface area contributed by atoms with Gasteiger partial charge in [0.25, 0.3) is 0 Å². The van der Waals surface area contributed by atoms with Crippen molar-refractivity contribution in [1.82, 2.24) is 8.52 Å². The van der Waals surface area contributed by atoms with E-state index in [9.17, 15) is 14.4 Å². The molecule has 2 aromatic carbocycles. The molecule has 0 radical (unpaired) electrons. The third-order valence-electron chi connectivity index (χ3n) is 3.40. The van der Waals surface area contributed by atoms with Gasteiger partial charge in [-0.2, -0.15) is 0 Å². The third-order valence-corrected chi connectivity index (χ3v) is 4.33. The number of hydrogen-bond acceptors (Lipinski definition) is 4. The van der Waals surface area contributed by atoms with E-state index in [1.54, 1.807) is 24.3 Å². The van der Waals surface area contributed by atoms with Crippen LogP contribution in [-0.4, -0.2) is 14.4 Å². The number of hydrogen-bond donors (Lipinski definition) is 1. The summed E-state index contributed by atoms with van der Waals surface area (Å²) in [5.41, 5.74) is 1.74. The van der Waals surface area contributed by atoms with Crippen molar-refractivity contribution >= 4 is 23.1 Å². The van der Waals surface area contributed by atoms with Crippen molar-refractivity contribution in [3.8, 4) is 5.69 Å². The first-order valence-corrected chi connectivity index (χ1v) is 8.07. The highest BCUT2D eigenvalue weighted by Gasteiger charge is 2.12. The molecule has 1 heterocycles. The van der Waals surface area contributed by atoms with E-state index in [1.165, 1.54) is 15.4 Å². The average molecular weight is 341 g/mol. The smallest absolute Gasteiger partial charge is 0.326 e. The Morgan fingerprint density at radius 3 is 2.33 bits per heavy atom. The molecule has 0 aliphatic heterocycles. The van der Waals surface area contributed by atoms with E-state index < -0.39 is 0 Å². The van der Waals surface area contributed by atoms with Crippen molar-refractivity contribution in [2.75, 3.05) is 5.32 Å². The van der Waals surface area contributed by atoms with E-state index in [0.29, 0.717) is 11.4 Å². The second kappa shape index (κ2) is 6.67. The number of amides is 1. The number of nitrogens with one attached hydrogen (secondary N) is 1. The number of carbonyl (C=O) groups is 1. The van der Waals surface area contributed by atoms with E-state index >= 15 is 0 Å². The number of nitrogens with zero attached hydrogens (tertiary/aromatic N) is 2. The van der Waals surface area contributed by atoms with Gasteiger partial charge >= 0.3 is 10.6 Å². The maximum absolute atomic E-state index is 12.5. The van der Waals surface area contributed by atoms with Crippen molar-refractivity contribution in [2.45, 2.75) is 13.5 Å². The second-order valence-corrected chi connectivity index (χ2v) is 6.13. The first kappa shape index (κ1) is 15.9. The molecule has 0 aliphatic rings. The fourth-order valence-corrected chi connectivity index (χ4v) is 3.10. The molecular weight excluding hydrogens is 326 g/mol. The van der Waals surface area contributed by atoms with Gasteiger partial charge in [-0.25, -0.2) is 13.3 Å². The summed E-state index contributed by atoms with van der Waals surface area (Å²) >= 11 is 0.857. The Bertz CT molecular complexity index is 969. The third kappa shape index (κ3) is 3.36. The van der Waals surface area contributed by atoms with Gasteiger partial charge in [-0.1, -0.05) is 30.3 Å². The Kier molecular flexibility index (Phi) is 4.43. The molecular formula is C17H15N3O3S. The monoisotopic (exact) mass is 341 g/mol. The molecule has 0 unspecified atom stereocenters. The minimum atomic E-state index is -0.374. The van der Waals surface area contributed by atoms with Crippen LogP contribution in [0.3, 0.4) is 0 Å². The van der Waals surface area contributed by atoms with Crippen LogP contribution in [0.4, 0.5) is 5.69 Å². The number of carbonyl (C=O) groups excluding carboxylic acids is 1. The maximum Gasteiger partial charge on any atom is 0.346 e. The zero-order valence-corrected chi connectivity index (χ0v) is 13.7. The van der Waals surface area contributed by atoms with Crippen LogP contribution >= 0.6 is 11.5 Å². The fourth-order valence-electron chi connectivity index (χ4n) is 2.30. The summed E-state index contributed by atoms with van der Waals surface area (Å²) < 4.78 is 2.56. The molecule has 7 heteroatoms. The van der Waals surface area contributed by atoms with Gasteiger partial charge < -0.3 is 5.32 Å². The molecule has 0 saturated carbocycles. The van der Waals surface area contributed by atoms with Crippen LogP contribution in [0, 0.1) is 0 Å². The summed E-state index contributed by atoms with van der Waals surface area (Å²) in [4.78, 5) is 35.4. The highest BCUT2D eigenvalue weighted by atomic mass is 32.1. The highest BCUT2D eigenvalue weighted by molar-refractivity contribution is 7.03. The zero-order valence-electron chi connectivity index (χ0n) is 12.9. The van der Waals surface area contributed by atoms with E-state index in [0.717, 1.165) is 17.1 Å². The van der Waals surface area contributed by atoms with E-state index in [1.807, 2.05) is 30.3 Å². The van der Waals surface area contributed by atoms with Crippen LogP contribution in [0.2, 0.25) is 0 Å². The summed E-state index contributed by atoms with van der Waals surface area (Å²) in [6.45, 7) is 1.67. The van der Waals surface area contributed by atoms with Gasteiger partial charge in [0.05, 0.1) is 12.2 Å². The Balaban J connectivity index is 1.93. The molecule has 3 rings (SSSR count). The summed E-state index contributed by atoms with van der Waals surface area (Å²) in [5.74, 6) is -0.168. The molecule has 0 aliphatic carbocycles. The number of rotatable bonds is 4. The molecule has 0 bridgehead atoms. The topological polar surface area (TPSA) is 73.1 Å². The number of benzene rings is 2. The molecule has 1 amide bonds. The summed E-state index contributed by atoms with van der Waals surface area (Å²) in [7, 11) is 0. The van der Waals surface area contributed by atoms with Gasteiger partial charge in [-0.05, 0) is 29.8 Å². The van der Waals surface area contributed by atoms with Crippen LogP contribution in [0.25, 0.3) is 5.69 Å². The lowest BCUT2D eigenvalue weighted by molar-refractivity contribution is -0.114. The number of anilines is 1. The first-order valence-electron chi connectivity index (χ1n) is 7.30. The van der Waals surface area contributed by atoms with E-state index in [2.05, 4.69) is 5.32 Å². The largest absolute Gasteiger partial charge is 0.346 e. The minimum absolute atomic E-state index is 0.168. The molecule has 6 nitrogen and oxygen atoms in total. The van der Waals surface area contributed by atoms with Gasteiger partial charge in [0, 0.05) is 24.1 Å². The Hall–Kier alpha value is -2.93. The van der Waals surface area contributed by atoms with Crippen molar-refractivity contribution in [3.63, 3.8) is 0 Å². The average Bonchev–Trinajstić information content (AvgIpc) is 2.84. The van der Waals surface area contributed by atoms with Crippen LogP contribution in [-0.2, 0) is 11.3 Å². The molecule has 0 saturated heterocycles. The summed E-state index contributed by atoms with van der Waals surface area (Å²) in [6, 6.07) is 16.1. The quantitative estimate of drug-likeness (QED) is 0.789. The van der Waals surface area contributed by atoms with Crippen LogP contribution < -0.4 is 15.9 Å². The van der Waals surface area contributed by atoms with Crippen LogP contribution in [0.5, 0.6) is 0 Å². The lowest BCUT2D eigenvalue weighted by Gasteiger charge is -2.04. The normalized spacial score (nSPS) is 10.5. The lowest BCUT2D eigenvalue weighted by Crippen LogP contribution is -2.28. The Morgan fingerprint density at radius 1 is 1.04 bits per heavy atom. The minimum Gasteiger partial charge on any atom is -0.326 e. The second-order valence-electron chi connectivity index (χ2n) is 5.23. The van der Waals surface area contributed by atoms with Crippen molar-refractivity contribution < 1.29 is 4.79 Å². The predicted octanol–water partition coefficient (Wildman–Crippen LogP) is 2.07. The molecule has 122 valence electrons. The maximum atomic E-state index is 12.5. The van der Waals surface area contributed by atoms with Crippen molar-refractivity contribution in [3.05, 3.63) is 80.3 Å². The van der Waals surface area contributed by atoms with Crippen molar-refractivity contribution in [2.24, 2.45) is 0 Å². The van der Waals surface area contributed by atoms with E-state index in [4.69, 9.17) is 0 Å². The standard InChI is InChI=1S/C17H15N3O3S/c1-12(21)18-14-7-9-15(10-8-14)20-16(22)19(17(23)24-20)11-13-5-3-2-4-6-13/h2-10H,11H2,1H3,(H,18,21). The zero-order chi connectivity index (χ0) is 17.1. The van der Waals surface area contributed by atoms with Gasteiger partial charge in [-0.3, -0.25) is 9.59 Å². The van der Waals surface area contributed by atoms with E-state index in [-0.39, 0.29) is 23.0 Å². The van der Waals surface area contributed by atoms with Gasteiger partial charge in [0.2, 0.25) is 5.91 Å². The predicted molar refractivity (Wildman–Crippen MR) is 94.0 cm³/mol. The molecule has 3 aromatic rings. The van der Waals surface area contributed by atoms with Crippen LogP contribution in [0.1, 0.15) is 12.5 Å². The summed E-state index contributed by atoms with van der Waals surface area (Å²) in [5, 5.41) is 2.66. The Labute approximate surface area is 141 Å². The highest BCUT2D eigenvalue weighted by Crippen LogP contribution is 2.13. The fraction of sp³-hybridized carbons (Fsp3) is 0.118. The SMILES string of the molecule is CC(=O)Nc1ccc(-n2sc(=O)n(Cc3ccccc3)c2=O)cc1. The summed E-state index contributed by atoms with van der Waals surface area (Å²) in [6.07, 6.45) is 0.